The predicted molar refractivity (Wildman–Crippen MR) is 218 cm³/mol. The molecule has 3 N–H and O–H groups in total. The molecule has 3 aliphatic rings. The highest BCUT2D eigenvalue weighted by atomic mass is 16.6. The van der Waals surface area contributed by atoms with Crippen molar-refractivity contribution >= 4 is 41.4 Å². The van der Waals surface area contributed by atoms with E-state index < -0.39 is 45.5 Å². The molecule has 1 spiro atoms. The Bertz CT molecular complexity index is 1470. The predicted octanol–water partition coefficient (Wildman–Crippen LogP) is 4.80. The number of hydrogen-bond donors (Lipinski definition) is 3. The third-order valence-electron chi connectivity index (χ3n) is 10.0. The van der Waals surface area contributed by atoms with E-state index in [2.05, 4.69) is 26.3 Å². The van der Waals surface area contributed by atoms with Gasteiger partial charge in [-0.15, -0.1) is 19.7 Å². The third-order valence-corrected chi connectivity index (χ3v) is 10.0. The summed E-state index contributed by atoms with van der Waals surface area (Å²) in [6.07, 6.45) is 14.5. The highest BCUT2D eigenvalue weighted by Crippen LogP contribution is 2.39. The number of cyclic esters (lactones) is 2. The lowest BCUT2D eigenvalue weighted by atomic mass is 9.76. The molecule has 59 heavy (non-hydrogen) atoms. The molecule has 3 rings (SSSR count). The van der Waals surface area contributed by atoms with Crippen molar-refractivity contribution in [2.75, 3.05) is 52.9 Å². The summed E-state index contributed by atoms with van der Waals surface area (Å²) in [4.78, 5) is 81.6. The van der Waals surface area contributed by atoms with Crippen molar-refractivity contribution < 1.29 is 72.6 Å². The molecule has 0 aromatic rings. The summed E-state index contributed by atoms with van der Waals surface area (Å²) in [5, 5.41) is 26.9. The van der Waals surface area contributed by atoms with Crippen molar-refractivity contribution in [1.29, 1.82) is 0 Å². The van der Waals surface area contributed by atoms with Gasteiger partial charge in [-0.2, -0.15) is 0 Å². The average molecular weight is 835 g/mol. The van der Waals surface area contributed by atoms with Crippen molar-refractivity contribution in [1.82, 2.24) is 0 Å². The second-order valence-electron chi connectivity index (χ2n) is 14.0. The maximum absolute atomic E-state index is 11.9. The molecule has 2 heterocycles. The largest absolute Gasteiger partial charge is 0.465 e. The van der Waals surface area contributed by atoms with Crippen LogP contribution in [0.2, 0.25) is 0 Å². The van der Waals surface area contributed by atoms with E-state index in [4.69, 9.17) is 33.9 Å². The van der Waals surface area contributed by atoms with Crippen LogP contribution in [0.3, 0.4) is 0 Å². The fourth-order valence-electron chi connectivity index (χ4n) is 6.74. The van der Waals surface area contributed by atoms with Gasteiger partial charge in [-0.05, 0) is 110 Å². The number of carbonyl (C=O) groups is 7. The molecule has 15 nitrogen and oxygen atoms in total. The fourth-order valence-corrected chi connectivity index (χ4v) is 6.74. The van der Waals surface area contributed by atoms with E-state index in [0.717, 1.165) is 12.5 Å². The summed E-state index contributed by atoms with van der Waals surface area (Å²) in [6.45, 7) is 20.5. The summed E-state index contributed by atoms with van der Waals surface area (Å²) in [7, 11) is 0. The van der Waals surface area contributed by atoms with E-state index in [0.29, 0.717) is 64.6 Å². The highest BCUT2D eigenvalue weighted by Gasteiger charge is 2.50. The maximum atomic E-state index is 11.9. The first kappa shape index (κ1) is 54.3. The van der Waals surface area contributed by atoms with Crippen LogP contribution in [0, 0.1) is 21.7 Å². The molecule has 0 unspecified atom stereocenters. The van der Waals surface area contributed by atoms with Gasteiger partial charge < -0.3 is 39.0 Å². The lowest BCUT2D eigenvalue weighted by molar-refractivity contribution is -0.177. The molecule has 0 radical (unpaired) electrons. The van der Waals surface area contributed by atoms with Crippen LogP contribution in [-0.4, -0.2) is 110 Å². The van der Waals surface area contributed by atoms with Crippen LogP contribution in [0.4, 0.5) is 0 Å². The number of allylic oxidation sites excluding steroid dienone is 6. The van der Waals surface area contributed by atoms with Gasteiger partial charge in [0.1, 0.15) is 10.8 Å². The molecule has 0 amide bonds. The number of aliphatic hydroxyl groups is 3. The summed E-state index contributed by atoms with van der Waals surface area (Å²) < 4.78 is 24.6. The number of rotatable bonds is 21. The molecule has 15 heteroatoms. The molecule has 0 bridgehead atoms. The van der Waals surface area contributed by atoms with Crippen LogP contribution in [0.1, 0.15) is 97.8 Å². The van der Waals surface area contributed by atoms with E-state index >= 15 is 0 Å². The van der Waals surface area contributed by atoms with Gasteiger partial charge in [0.05, 0.1) is 45.1 Å². The van der Waals surface area contributed by atoms with Crippen LogP contribution >= 0.6 is 0 Å². The van der Waals surface area contributed by atoms with Crippen molar-refractivity contribution in [2.45, 2.75) is 97.8 Å². The lowest BCUT2D eigenvalue weighted by Gasteiger charge is -2.31. The SMILES string of the molecule is C=CC[C@@](CCCO)(C(=O)C=C)C(=O)OCC.C=CC[C@@]1(C(=O)OCC)CCCOC1=O.C=CC[C@](CO)(CCCO)C(=O)OCC.O=C1C=CC[C@@]12CCCOC2=O. The van der Waals surface area contributed by atoms with Crippen molar-refractivity contribution in [3.8, 4) is 0 Å². The zero-order chi connectivity index (χ0) is 45.0. The van der Waals surface area contributed by atoms with Crippen LogP contribution < -0.4 is 0 Å². The van der Waals surface area contributed by atoms with Gasteiger partial charge in [-0.1, -0.05) is 30.9 Å². The van der Waals surface area contributed by atoms with Crippen molar-refractivity contribution in [3.05, 3.63) is 62.8 Å². The summed E-state index contributed by atoms with van der Waals surface area (Å²) in [5.74, 6) is -2.75. The topological polar surface area (TPSA) is 226 Å². The minimum absolute atomic E-state index is 0.00169. The normalized spacial score (nSPS) is 21.0. The van der Waals surface area contributed by atoms with E-state index in [1.165, 1.54) is 12.2 Å². The Hall–Kier alpha value is -4.73. The maximum Gasteiger partial charge on any atom is 0.323 e. The molecular formula is C44H66O15. The minimum Gasteiger partial charge on any atom is -0.465 e. The van der Waals surface area contributed by atoms with Crippen LogP contribution in [0.25, 0.3) is 0 Å². The lowest BCUT2D eigenvalue weighted by Crippen LogP contribution is -2.44. The molecule has 332 valence electrons. The average Bonchev–Trinajstić information content (AvgIpc) is 3.60. The van der Waals surface area contributed by atoms with E-state index in [-0.39, 0.29) is 76.4 Å². The molecular weight excluding hydrogens is 768 g/mol. The molecule has 0 aromatic carbocycles. The molecule has 1 aliphatic carbocycles. The number of ketones is 2. The Morgan fingerprint density at radius 1 is 0.763 bits per heavy atom. The van der Waals surface area contributed by atoms with Crippen LogP contribution in [0.5, 0.6) is 0 Å². The zero-order valence-corrected chi connectivity index (χ0v) is 35.2. The molecule has 0 aromatic heterocycles. The van der Waals surface area contributed by atoms with Crippen LogP contribution in [0.15, 0.2) is 62.8 Å². The zero-order valence-electron chi connectivity index (χ0n) is 35.2. The first-order chi connectivity index (χ1) is 28.2. The summed E-state index contributed by atoms with van der Waals surface area (Å²) >= 11 is 0. The van der Waals surface area contributed by atoms with E-state index in [1.54, 1.807) is 39.0 Å². The van der Waals surface area contributed by atoms with Crippen molar-refractivity contribution in [2.24, 2.45) is 21.7 Å². The van der Waals surface area contributed by atoms with E-state index in [1.807, 2.05) is 0 Å². The summed E-state index contributed by atoms with van der Waals surface area (Å²) in [6, 6.07) is 0. The standard InChI is InChI=1S/C13H20O4.C11H16O4.C11H20O4.C9H10O3/c1-4-8-13(9-7-10-14,11(15)5-2)12(16)17-6-3;1-3-6-11(9(12)14-4-2)7-5-8-15-10(11)13;1-3-6-11(9-13,7-5-8-12)10(14)15-4-2;10-7-3-1-4-9(7)5-2-6-12-8(9)11/h4-5,14H,1-2,6-10H2,3H3;3H,1,4-8H2,2H3;3,12-13H,1,4-9H2,2H3;1,3H,2,4-6H2/t13-;2*11-;9-/m1011/s1. The minimum atomic E-state index is -1.28. The molecule has 2 aliphatic heterocycles. The smallest absolute Gasteiger partial charge is 0.323 e. The second-order valence-corrected chi connectivity index (χ2v) is 14.0. The fraction of sp³-hybridized carbons (Fsp3) is 0.614. The van der Waals surface area contributed by atoms with Crippen molar-refractivity contribution in [3.63, 3.8) is 0 Å². The third kappa shape index (κ3) is 15.1. The van der Waals surface area contributed by atoms with Gasteiger partial charge in [-0.25, -0.2) is 0 Å². The monoisotopic (exact) mass is 834 g/mol. The number of carbonyl (C=O) groups excluding carboxylic acids is 7. The van der Waals surface area contributed by atoms with Crippen LogP contribution in [-0.2, 0) is 57.2 Å². The Labute approximate surface area is 348 Å². The second kappa shape index (κ2) is 28.7. The van der Waals surface area contributed by atoms with Gasteiger partial charge in [0.2, 0.25) is 0 Å². The molecule has 0 saturated carbocycles. The van der Waals surface area contributed by atoms with Gasteiger partial charge in [-0.3, -0.25) is 33.6 Å². The van der Waals surface area contributed by atoms with E-state index in [9.17, 15) is 38.7 Å². The van der Waals surface area contributed by atoms with Gasteiger partial charge >= 0.3 is 29.8 Å². The quantitative estimate of drug-likeness (QED) is 0.0464. The molecule has 2 saturated heterocycles. The van der Waals surface area contributed by atoms with Gasteiger partial charge in [0, 0.05) is 13.2 Å². The van der Waals surface area contributed by atoms with Gasteiger partial charge in [0.25, 0.3) is 0 Å². The Morgan fingerprint density at radius 2 is 1.32 bits per heavy atom. The first-order valence-corrected chi connectivity index (χ1v) is 20.1. The molecule has 2 fully saturated rings. The number of aliphatic hydroxyl groups excluding tert-OH is 3. The number of esters is 5. The highest BCUT2D eigenvalue weighted by molar-refractivity contribution is 6.11. The Morgan fingerprint density at radius 3 is 1.78 bits per heavy atom. The molecule has 4 atom stereocenters. The van der Waals surface area contributed by atoms with Gasteiger partial charge in [0.15, 0.2) is 17.0 Å². The number of hydrogen-bond acceptors (Lipinski definition) is 15. The summed E-state index contributed by atoms with van der Waals surface area (Å²) in [5.41, 5.74) is -4.17. The Kier molecular flexibility index (Phi) is 26.4. The Balaban J connectivity index is 0.000000764. The number of ether oxygens (including phenoxy) is 5. The first-order valence-electron chi connectivity index (χ1n) is 20.1.